The summed E-state index contributed by atoms with van der Waals surface area (Å²) in [6, 6.07) is 6.25. The molecule has 25 heavy (non-hydrogen) atoms. The molecule has 4 atom stereocenters. The molecule has 2 aliphatic heterocycles. The smallest absolute Gasteiger partial charge is 0.242 e. The molecule has 3 N–H and O–H groups in total. The molecule has 0 bridgehead atoms. The number of piperazine rings is 1. The normalized spacial score (nSPS) is 32.4. The van der Waals surface area contributed by atoms with Crippen molar-refractivity contribution in [2.45, 2.75) is 50.4 Å². The molecule has 1 aromatic rings. The lowest BCUT2D eigenvalue weighted by molar-refractivity contribution is -0.157. The predicted octanol–water partition coefficient (Wildman–Crippen LogP) is 0.769. The summed E-state index contributed by atoms with van der Waals surface area (Å²) in [5.41, 5.74) is 9.77. The lowest BCUT2D eigenvalue weighted by Gasteiger charge is -2.51. The van der Waals surface area contributed by atoms with Gasteiger partial charge in [0.2, 0.25) is 11.8 Å². The first-order valence-corrected chi connectivity index (χ1v) is 8.90. The van der Waals surface area contributed by atoms with E-state index in [0.717, 1.165) is 31.4 Å². The van der Waals surface area contributed by atoms with E-state index in [9.17, 15) is 14.0 Å². The number of nitrogens with one attached hydrogen (secondary N) is 1. The minimum Gasteiger partial charge on any atom is -0.369 e. The number of hydrogen-bond acceptors (Lipinski definition) is 4. The molecule has 134 valence electrons. The Hall–Kier alpha value is -1.99. The number of rotatable bonds is 3. The van der Waals surface area contributed by atoms with Crippen LogP contribution in [0.25, 0.3) is 0 Å². The van der Waals surface area contributed by atoms with Gasteiger partial charge in [0.15, 0.2) is 0 Å². The van der Waals surface area contributed by atoms with E-state index < -0.39 is 0 Å². The van der Waals surface area contributed by atoms with Crippen LogP contribution in [0, 0.1) is 11.7 Å². The molecule has 1 aliphatic carbocycles. The molecular formula is C18H23FN4O2. The van der Waals surface area contributed by atoms with Crippen LogP contribution in [0.4, 0.5) is 4.39 Å². The van der Waals surface area contributed by atoms with Crippen LogP contribution in [0.15, 0.2) is 24.3 Å². The maximum absolute atomic E-state index is 13.2. The van der Waals surface area contributed by atoms with Gasteiger partial charge >= 0.3 is 0 Å². The van der Waals surface area contributed by atoms with Crippen LogP contribution < -0.4 is 11.2 Å². The van der Waals surface area contributed by atoms with Crippen molar-refractivity contribution in [2.24, 2.45) is 11.7 Å². The molecule has 1 saturated carbocycles. The molecule has 3 aliphatic rings. The van der Waals surface area contributed by atoms with Gasteiger partial charge in [-0.3, -0.25) is 15.0 Å². The molecule has 4 rings (SSSR count). The predicted molar refractivity (Wildman–Crippen MR) is 89.3 cm³/mol. The maximum Gasteiger partial charge on any atom is 0.242 e. The third-order valence-electron chi connectivity index (χ3n) is 5.82. The van der Waals surface area contributed by atoms with Crippen LogP contribution in [-0.2, 0) is 16.1 Å². The van der Waals surface area contributed by atoms with Crippen LogP contribution in [-0.4, -0.2) is 46.4 Å². The number of hydrogen-bond donors (Lipinski definition) is 2. The van der Waals surface area contributed by atoms with Crippen molar-refractivity contribution in [3.8, 4) is 0 Å². The summed E-state index contributed by atoms with van der Waals surface area (Å²) < 4.78 is 13.2. The van der Waals surface area contributed by atoms with Crippen molar-refractivity contribution in [3.05, 3.63) is 35.6 Å². The first kappa shape index (κ1) is 16.5. The number of carbonyl (C=O) groups is 2. The molecule has 2 saturated heterocycles. The fourth-order valence-corrected chi connectivity index (χ4v) is 4.56. The summed E-state index contributed by atoms with van der Waals surface area (Å²) in [6.45, 7) is 1.24. The quantitative estimate of drug-likeness (QED) is 0.847. The van der Waals surface area contributed by atoms with E-state index in [-0.39, 0.29) is 41.7 Å². The molecule has 0 radical (unpaired) electrons. The molecule has 7 heteroatoms. The number of nitrogens with zero attached hydrogens (tertiary/aromatic N) is 2. The number of primary amides is 1. The number of hydrazine groups is 1. The van der Waals surface area contributed by atoms with Gasteiger partial charge in [0.25, 0.3) is 0 Å². The van der Waals surface area contributed by atoms with E-state index in [1.165, 1.54) is 12.1 Å². The zero-order chi connectivity index (χ0) is 17.6. The van der Waals surface area contributed by atoms with Crippen molar-refractivity contribution in [1.29, 1.82) is 0 Å². The van der Waals surface area contributed by atoms with Crippen molar-refractivity contribution in [3.63, 3.8) is 0 Å². The summed E-state index contributed by atoms with van der Waals surface area (Å²) >= 11 is 0. The first-order valence-electron chi connectivity index (χ1n) is 8.90. The molecule has 6 nitrogen and oxygen atoms in total. The Balaban J connectivity index is 1.62. The van der Waals surface area contributed by atoms with Crippen LogP contribution in [0.5, 0.6) is 0 Å². The molecule has 2 amide bonds. The van der Waals surface area contributed by atoms with Gasteiger partial charge in [-0.05, 0) is 43.4 Å². The highest BCUT2D eigenvalue weighted by Gasteiger charge is 2.51. The zero-order valence-corrected chi connectivity index (χ0v) is 14.0. The second-order valence-electron chi connectivity index (χ2n) is 7.26. The van der Waals surface area contributed by atoms with Crippen molar-refractivity contribution < 1.29 is 14.0 Å². The van der Waals surface area contributed by atoms with Gasteiger partial charge in [0, 0.05) is 31.1 Å². The lowest BCUT2D eigenvalue weighted by atomic mass is 9.78. The Kier molecular flexibility index (Phi) is 4.21. The van der Waals surface area contributed by atoms with Crippen LogP contribution in [0.1, 0.15) is 31.2 Å². The largest absolute Gasteiger partial charge is 0.369 e. The average molecular weight is 346 g/mol. The number of halogens is 1. The third kappa shape index (κ3) is 2.91. The molecule has 0 spiro atoms. The maximum atomic E-state index is 13.2. The van der Waals surface area contributed by atoms with Crippen molar-refractivity contribution in [2.75, 3.05) is 6.54 Å². The molecule has 1 aromatic carbocycles. The molecule has 4 unspecified atom stereocenters. The second kappa shape index (κ2) is 6.38. The van der Waals surface area contributed by atoms with Crippen molar-refractivity contribution >= 4 is 11.8 Å². The van der Waals surface area contributed by atoms with Gasteiger partial charge in [-0.25, -0.2) is 9.40 Å². The zero-order valence-electron chi connectivity index (χ0n) is 14.0. The third-order valence-corrected chi connectivity index (χ3v) is 5.82. The average Bonchev–Trinajstić information content (AvgIpc) is 3.10. The van der Waals surface area contributed by atoms with Crippen LogP contribution in [0.3, 0.4) is 0 Å². The standard InChI is InChI=1S/C18H23FN4O2/c19-13-4-1-11(2-5-13)10-22-16-9-12(17(20)24)3-6-14(16)23-15(18(22)25)7-8-21-23/h1-2,4-5,12,14-16,21H,3,6-10H2,(H2,20,24). The van der Waals surface area contributed by atoms with E-state index in [4.69, 9.17) is 5.73 Å². The second-order valence-corrected chi connectivity index (χ2v) is 7.26. The molecular weight excluding hydrogens is 323 g/mol. The number of benzene rings is 1. The summed E-state index contributed by atoms with van der Waals surface area (Å²) in [4.78, 5) is 26.6. The van der Waals surface area contributed by atoms with E-state index in [0.29, 0.717) is 13.0 Å². The van der Waals surface area contributed by atoms with E-state index in [2.05, 4.69) is 10.4 Å². The molecule has 2 heterocycles. The number of fused-ring (bicyclic) bond motifs is 3. The highest BCUT2D eigenvalue weighted by atomic mass is 19.1. The summed E-state index contributed by atoms with van der Waals surface area (Å²) in [6.07, 6.45) is 2.99. The Labute approximate surface area is 146 Å². The fourth-order valence-electron chi connectivity index (χ4n) is 4.56. The Morgan fingerprint density at radius 3 is 2.68 bits per heavy atom. The summed E-state index contributed by atoms with van der Waals surface area (Å²) in [5.74, 6) is -0.682. The summed E-state index contributed by atoms with van der Waals surface area (Å²) in [5, 5.41) is 2.10. The number of carbonyl (C=O) groups excluding carboxylic acids is 2. The Morgan fingerprint density at radius 2 is 1.96 bits per heavy atom. The minimum atomic E-state index is -0.288. The van der Waals surface area contributed by atoms with Crippen LogP contribution in [0.2, 0.25) is 0 Å². The van der Waals surface area contributed by atoms with Crippen molar-refractivity contribution in [1.82, 2.24) is 15.3 Å². The number of amides is 2. The highest BCUT2D eigenvalue weighted by Crippen LogP contribution is 2.37. The minimum absolute atomic E-state index is 0.0503. The fraction of sp³-hybridized carbons (Fsp3) is 0.556. The van der Waals surface area contributed by atoms with Gasteiger partial charge in [-0.2, -0.15) is 0 Å². The van der Waals surface area contributed by atoms with E-state index >= 15 is 0 Å². The first-order chi connectivity index (χ1) is 12.0. The molecule has 3 fully saturated rings. The van der Waals surface area contributed by atoms with Gasteiger partial charge < -0.3 is 10.6 Å². The lowest BCUT2D eigenvalue weighted by Crippen LogP contribution is -2.68. The highest BCUT2D eigenvalue weighted by molar-refractivity contribution is 5.84. The Bertz CT molecular complexity index is 680. The van der Waals surface area contributed by atoms with E-state index in [1.807, 2.05) is 4.90 Å². The van der Waals surface area contributed by atoms with Gasteiger partial charge in [-0.15, -0.1) is 0 Å². The topological polar surface area (TPSA) is 78.7 Å². The van der Waals surface area contributed by atoms with E-state index in [1.54, 1.807) is 12.1 Å². The van der Waals surface area contributed by atoms with Crippen LogP contribution >= 0.6 is 0 Å². The Morgan fingerprint density at radius 1 is 1.20 bits per heavy atom. The molecule has 0 aromatic heterocycles. The van der Waals surface area contributed by atoms with Gasteiger partial charge in [0.05, 0.1) is 0 Å². The van der Waals surface area contributed by atoms with Gasteiger partial charge in [-0.1, -0.05) is 12.1 Å². The van der Waals surface area contributed by atoms with Gasteiger partial charge in [0.1, 0.15) is 11.9 Å². The monoisotopic (exact) mass is 346 g/mol. The number of nitrogens with two attached hydrogens (primary N) is 1. The SMILES string of the molecule is NC(=O)C1CCC2C(C1)N(Cc1ccc(F)cc1)C(=O)C1CCNN12. The summed E-state index contributed by atoms with van der Waals surface area (Å²) in [7, 11) is 0.